The molecule has 5 atom stereocenters. The summed E-state index contributed by atoms with van der Waals surface area (Å²) in [7, 11) is 0. The highest BCUT2D eigenvalue weighted by molar-refractivity contribution is 6.30. The molecular formula is C14H24Cl2N2O2. The van der Waals surface area contributed by atoms with E-state index in [1.165, 1.54) is 0 Å². The molecule has 0 heterocycles. The lowest BCUT2D eigenvalue weighted by Gasteiger charge is -2.41. The van der Waals surface area contributed by atoms with Gasteiger partial charge in [0.15, 0.2) is 0 Å². The van der Waals surface area contributed by atoms with Gasteiger partial charge in [0.1, 0.15) is 0 Å². The zero-order chi connectivity index (χ0) is 14.9. The Bertz CT molecular complexity index is 348. The summed E-state index contributed by atoms with van der Waals surface area (Å²) >= 11 is 12.3. The number of amides is 1. The molecule has 0 radical (unpaired) electrons. The average molecular weight is 323 g/mol. The van der Waals surface area contributed by atoms with Crippen LogP contribution in [0, 0.1) is 17.8 Å². The van der Waals surface area contributed by atoms with Gasteiger partial charge >= 0.3 is 0 Å². The van der Waals surface area contributed by atoms with Gasteiger partial charge in [-0.2, -0.15) is 0 Å². The van der Waals surface area contributed by atoms with Gasteiger partial charge in [-0.05, 0) is 44.4 Å². The van der Waals surface area contributed by atoms with Crippen molar-refractivity contribution in [1.29, 1.82) is 0 Å². The number of hydrogen-bond donors (Lipinski definition) is 3. The van der Waals surface area contributed by atoms with E-state index in [0.717, 1.165) is 25.7 Å². The van der Waals surface area contributed by atoms with Gasteiger partial charge in [0, 0.05) is 17.9 Å². The van der Waals surface area contributed by atoms with Crippen molar-refractivity contribution >= 4 is 29.1 Å². The molecule has 2 aliphatic rings. The summed E-state index contributed by atoms with van der Waals surface area (Å²) < 4.78 is 0. The summed E-state index contributed by atoms with van der Waals surface area (Å²) in [4.78, 5) is 11.2. The fraction of sp³-hybridized carbons (Fsp3) is 0.929. The Morgan fingerprint density at radius 1 is 1.10 bits per heavy atom. The smallest absolute Gasteiger partial charge is 0.220 e. The Kier molecular flexibility index (Phi) is 5.57. The SMILES string of the molecule is NC(=O)C1CCC(C(N)C2CC(Cl)C(Cl)CC2O)CC1. The predicted octanol–water partition coefficient (Wildman–Crippen LogP) is 1.59. The number of primary amides is 1. The molecule has 0 saturated heterocycles. The predicted molar refractivity (Wildman–Crippen MR) is 80.6 cm³/mol. The van der Waals surface area contributed by atoms with Crippen LogP contribution >= 0.6 is 23.2 Å². The average Bonchev–Trinajstić information content (AvgIpc) is 2.42. The first-order chi connectivity index (χ1) is 9.40. The van der Waals surface area contributed by atoms with Crippen LogP contribution in [0.5, 0.6) is 0 Å². The Labute approximate surface area is 130 Å². The van der Waals surface area contributed by atoms with E-state index in [1.807, 2.05) is 0 Å². The molecule has 0 aliphatic heterocycles. The summed E-state index contributed by atoms with van der Waals surface area (Å²) in [5.41, 5.74) is 11.7. The number of carbonyl (C=O) groups is 1. The molecule has 20 heavy (non-hydrogen) atoms. The quantitative estimate of drug-likeness (QED) is 0.689. The maximum Gasteiger partial charge on any atom is 0.220 e. The van der Waals surface area contributed by atoms with E-state index in [0.29, 0.717) is 18.8 Å². The fourth-order valence-corrected chi connectivity index (χ4v) is 4.26. The van der Waals surface area contributed by atoms with E-state index >= 15 is 0 Å². The third-order valence-corrected chi connectivity index (χ3v) is 6.16. The lowest BCUT2D eigenvalue weighted by Crippen LogP contribution is -2.50. The molecule has 116 valence electrons. The second-order valence-electron chi connectivity index (χ2n) is 6.33. The van der Waals surface area contributed by atoms with Crippen LogP contribution in [0.3, 0.4) is 0 Å². The first-order valence-corrected chi connectivity index (χ1v) is 8.28. The summed E-state index contributed by atoms with van der Waals surface area (Å²) in [5, 5.41) is 9.89. The number of carbonyl (C=O) groups excluding carboxylic acids is 1. The summed E-state index contributed by atoms with van der Waals surface area (Å²) in [5.74, 6) is 0.117. The van der Waals surface area contributed by atoms with Gasteiger partial charge in [-0.25, -0.2) is 0 Å². The van der Waals surface area contributed by atoms with Gasteiger partial charge in [-0.1, -0.05) is 0 Å². The number of rotatable bonds is 3. The number of aliphatic hydroxyl groups is 1. The van der Waals surface area contributed by atoms with Gasteiger partial charge in [-0.15, -0.1) is 23.2 Å². The van der Waals surface area contributed by atoms with Crippen molar-refractivity contribution < 1.29 is 9.90 Å². The van der Waals surface area contributed by atoms with Gasteiger partial charge in [-0.3, -0.25) is 4.79 Å². The van der Waals surface area contributed by atoms with Crippen LogP contribution in [0.4, 0.5) is 0 Å². The van der Waals surface area contributed by atoms with E-state index in [1.54, 1.807) is 0 Å². The van der Waals surface area contributed by atoms with Crippen LogP contribution in [0.25, 0.3) is 0 Å². The Morgan fingerprint density at radius 2 is 1.65 bits per heavy atom. The number of hydrogen-bond acceptors (Lipinski definition) is 3. The van der Waals surface area contributed by atoms with Crippen molar-refractivity contribution in [2.45, 2.75) is 61.4 Å². The van der Waals surface area contributed by atoms with Gasteiger partial charge in [0.25, 0.3) is 0 Å². The molecular weight excluding hydrogens is 299 g/mol. The molecule has 0 aromatic heterocycles. The number of halogens is 2. The van der Waals surface area contributed by atoms with Crippen molar-refractivity contribution in [1.82, 2.24) is 0 Å². The van der Waals surface area contributed by atoms with Crippen LogP contribution in [-0.4, -0.2) is 33.9 Å². The molecule has 2 saturated carbocycles. The zero-order valence-electron chi connectivity index (χ0n) is 11.6. The van der Waals surface area contributed by atoms with Gasteiger partial charge < -0.3 is 16.6 Å². The van der Waals surface area contributed by atoms with Gasteiger partial charge in [0.2, 0.25) is 5.91 Å². The maximum absolute atomic E-state index is 11.2. The van der Waals surface area contributed by atoms with Crippen molar-refractivity contribution in [3.63, 3.8) is 0 Å². The summed E-state index contributed by atoms with van der Waals surface area (Å²) in [6.07, 6.45) is 4.09. The van der Waals surface area contributed by atoms with Crippen molar-refractivity contribution in [2.75, 3.05) is 0 Å². The standard InChI is InChI=1S/C14H24Cl2N2O2/c15-10-5-9(12(19)6-11(10)16)13(17)7-1-3-8(4-2-7)14(18)20/h7-13,19H,1-6,17H2,(H2,18,20). The minimum absolute atomic E-state index is 0.00243. The largest absolute Gasteiger partial charge is 0.393 e. The molecule has 0 spiro atoms. The zero-order valence-corrected chi connectivity index (χ0v) is 13.1. The third kappa shape index (κ3) is 3.59. The van der Waals surface area contributed by atoms with Gasteiger partial charge in [0.05, 0.1) is 16.9 Å². The monoisotopic (exact) mass is 322 g/mol. The van der Waals surface area contributed by atoms with Crippen LogP contribution < -0.4 is 11.5 Å². The van der Waals surface area contributed by atoms with E-state index in [4.69, 9.17) is 34.7 Å². The molecule has 1 amide bonds. The third-order valence-electron chi connectivity index (χ3n) is 5.06. The molecule has 5 unspecified atom stereocenters. The van der Waals surface area contributed by atoms with Crippen molar-refractivity contribution in [3.05, 3.63) is 0 Å². The van der Waals surface area contributed by atoms with Crippen LogP contribution in [-0.2, 0) is 4.79 Å². The summed E-state index contributed by atoms with van der Waals surface area (Å²) in [6.45, 7) is 0. The van der Waals surface area contributed by atoms with Crippen molar-refractivity contribution in [2.24, 2.45) is 29.2 Å². The van der Waals surface area contributed by atoms with Crippen LogP contribution in [0.15, 0.2) is 0 Å². The Morgan fingerprint density at radius 3 is 2.20 bits per heavy atom. The second-order valence-corrected chi connectivity index (χ2v) is 7.45. The molecule has 0 bridgehead atoms. The molecule has 0 aromatic carbocycles. The fourth-order valence-electron chi connectivity index (χ4n) is 3.67. The molecule has 4 nitrogen and oxygen atoms in total. The number of aliphatic hydroxyl groups excluding tert-OH is 1. The highest BCUT2D eigenvalue weighted by Gasteiger charge is 2.40. The number of alkyl halides is 2. The van der Waals surface area contributed by atoms with Crippen LogP contribution in [0.1, 0.15) is 38.5 Å². The normalized spacial score (nSPS) is 44.0. The first-order valence-electron chi connectivity index (χ1n) is 7.41. The molecule has 6 heteroatoms. The van der Waals surface area contributed by atoms with E-state index in [2.05, 4.69) is 0 Å². The van der Waals surface area contributed by atoms with Crippen molar-refractivity contribution in [3.8, 4) is 0 Å². The highest BCUT2D eigenvalue weighted by atomic mass is 35.5. The highest BCUT2D eigenvalue weighted by Crippen LogP contribution is 2.39. The van der Waals surface area contributed by atoms with E-state index in [-0.39, 0.29) is 34.5 Å². The lowest BCUT2D eigenvalue weighted by molar-refractivity contribution is -0.123. The second kappa shape index (κ2) is 6.82. The number of nitrogens with two attached hydrogens (primary N) is 2. The van der Waals surface area contributed by atoms with E-state index in [9.17, 15) is 9.90 Å². The summed E-state index contributed by atoms with van der Waals surface area (Å²) in [6, 6.07) is -0.0794. The molecule has 5 N–H and O–H groups in total. The minimum atomic E-state index is -0.476. The van der Waals surface area contributed by atoms with Crippen LogP contribution in [0.2, 0.25) is 0 Å². The van der Waals surface area contributed by atoms with E-state index < -0.39 is 6.10 Å². The maximum atomic E-state index is 11.2. The molecule has 2 fully saturated rings. The lowest BCUT2D eigenvalue weighted by atomic mass is 9.71. The molecule has 0 aromatic rings. The minimum Gasteiger partial charge on any atom is -0.393 e. The topological polar surface area (TPSA) is 89.3 Å². The molecule has 2 rings (SSSR count). The molecule has 2 aliphatic carbocycles. The Balaban J connectivity index is 1.91. The first kappa shape index (κ1) is 16.3. The Hall–Kier alpha value is -0.0300.